The van der Waals surface area contributed by atoms with Crippen molar-refractivity contribution in [3.05, 3.63) is 101 Å². The Morgan fingerprint density at radius 3 is 2.28 bits per heavy atom. The zero-order valence-corrected chi connectivity index (χ0v) is 22.2. The number of ether oxygens (including phenoxy) is 2. The van der Waals surface area contributed by atoms with Crippen LogP contribution in [0.4, 0.5) is 0 Å². The third-order valence-corrected chi connectivity index (χ3v) is 7.76. The zero-order valence-electron chi connectivity index (χ0n) is 22.2. The molecule has 0 saturated heterocycles. The number of amides is 1. The molecule has 2 aliphatic rings. The van der Waals surface area contributed by atoms with E-state index in [1.807, 2.05) is 79.7 Å². The molecule has 1 aliphatic carbocycles. The lowest BCUT2D eigenvalue weighted by molar-refractivity contribution is -0.161. The highest BCUT2D eigenvalue weighted by atomic mass is 16.5. The van der Waals surface area contributed by atoms with Crippen molar-refractivity contribution in [2.45, 2.75) is 76.5 Å². The van der Waals surface area contributed by atoms with E-state index in [2.05, 4.69) is 0 Å². The Morgan fingerprint density at radius 2 is 1.62 bits per heavy atom. The highest BCUT2D eigenvalue weighted by Crippen LogP contribution is 2.37. The van der Waals surface area contributed by atoms with Gasteiger partial charge in [0.1, 0.15) is 18.4 Å². The fraction of sp³-hybridized carbons (Fsp3) is 0.375. The molecule has 5 rings (SSSR count). The van der Waals surface area contributed by atoms with Crippen LogP contribution in [-0.4, -0.2) is 45.2 Å². The van der Waals surface area contributed by atoms with Gasteiger partial charge in [0.15, 0.2) is 6.10 Å². The summed E-state index contributed by atoms with van der Waals surface area (Å²) in [6.07, 6.45) is 1.28. The van der Waals surface area contributed by atoms with Crippen LogP contribution in [0, 0.1) is 6.92 Å². The summed E-state index contributed by atoms with van der Waals surface area (Å²) in [7, 11) is 0. The maximum Gasteiger partial charge on any atom is 0.326 e. The number of hydrogen-bond donors (Lipinski definition) is 2. The van der Waals surface area contributed by atoms with E-state index in [9.17, 15) is 19.8 Å². The Balaban J connectivity index is 1.43. The molecule has 0 bridgehead atoms. The van der Waals surface area contributed by atoms with E-state index in [4.69, 9.17) is 9.47 Å². The largest absolute Gasteiger partial charge is 0.488 e. The summed E-state index contributed by atoms with van der Waals surface area (Å²) >= 11 is 0. The van der Waals surface area contributed by atoms with Crippen molar-refractivity contribution >= 4 is 11.9 Å². The van der Waals surface area contributed by atoms with Crippen LogP contribution in [0.3, 0.4) is 0 Å². The summed E-state index contributed by atoms with van der Waals surface area (Å²) in [6.45, 7) is 2.48. The molecule has 0 spiro atoms. The van der Waals surface area contributed by atoms with Gasteiger partial charge >= 0.3 is 5.97 Å². The Bertz CT molecular complexity index is 1290. The number of fused-ring (bicyclic) bond motifs is 1. The topological polar surface area (TPSA) is 96.3 Å². The van der Waals surface area contributed by atoms with Gasteiger partial charge in [0, 0.05) is 18.5 Å². The highest BCUT2D eigenvalue weighted by molar-refractivity contribution is 5.88. The molecular formula is C32H35NO6. The van der Waals surface area contributed by atoms with Gasteiger partial charge in [0.05, 0.1) is 12.2 Å². The Kier molecular flexibility index (Phi) is 8.29. The molecule has 1 amide bonds. The molecule has 0 radical (unpaired) electrons. The molecule has 1 heterocycles. The fourth-order valence-electron chi connectivity index (χ4n) is 5.57. The molecule has 39 heavy (non-hydrogen) atoms. The number of benzene rings is 3. The molecule has 3 aromatic rings. The third kappa shape index (κ3) is 6.15. The van der Waals surface area contributed by atoms with Crippen LogP contribution in [-0.2, 0) is 33.9 Å². The highest BCUT2D eigenvalue weighted by Gasteiger charge is 2.40. The second-order valence-corrected chi connectivity index (χ2v) is 10.5. The van der Waals surface area contributed by atoms with Crippen molar-refractivity contribution in [2.75, 3.05) is 0 Å². The molecule has 0 aromatic heterocycles. The SMILES string of the molecule is Cc1ccc2c(c1OCc1ccccc1)CC(C(=O)O)N(C(=O)C(OC1CCC(O)CC1)c1ccccc1)C2. The molecule has 1 saturated carbocycles. The number of aliphatic hydroxyl groups excluding tert-OH is 1. The second kappa shape index (κ2) is 12.0. The van der Waals surface area contributed by atoms with Crippen molar-refractivity contribution in [3.63, 3.8) is 0 Å². The summed E-state index contributed by atoms with van der Waals surface area (Å²) in [5, 5.41) is 20.2. The van der Waals surface area contributed by atoms with Crippen molar-refractivity contribution in [2.24, 2.45) is 0 Å². The molecule has 204 valence electrons. The van der Waals surface area contributed by atoms with Crippen molar-refractivity contribution in [1.82, 2.24) is 4.90 Å². The van der Waals surface area contributed by atoms with Gasteiger partial charge < -0.3 is 24.6 Å². The molecule has 2 unspecified atom stereocenters. The number of carboxylic acids is 1. The zero-order chi connectivity index (χ0) is 27.4. The molecule has 7 nitrogen and oxygen atoms in total. The first-order valence-electron chi connectivity index (χ1n) is 13.6. The smallest absolute Gasteiger partial charge is 0.326 e. The minimum Gasteiger partial charge on any atom is -0.488 e. The molecule has 1 aliphatic heterocycles. The number of rotatable bonds is 8. The van der Waals surface area contributed by atoms with Gasteiger partial charge in [-0.2, -0.15) is 0 Å². The Hall–Kier alpha value is -3.68. The van der Waals surface area contributed by atoms with E-state index in [1.54, 1.807) is 0 Å². The van der Waals surface area contributed by atoms with Crippen molar-refractivity contribution in [1.29, 1.82) is 0 Å². The quantitative estimate of drug-likeness (QED) is 0.428. The van der Waals surface area contributed by atoms with Crippen LogP contribution in [0.25, 0.3) is 0 Å². The monoisotopic (exact) mass is 529 g/mol. The number of hydrogen-bond acceptors (Lipinski definition) is 5. The van der Waals surface area contributed by atoms with E-state index in [1.165, 1.54) is 4.90 Å². The van der Waals surface area contributed by atoms with Gasteiger partial charge in [-0.3, -0.25) is 4.79 Å². The number of carbonyl (C=O) groups is 2. The number of aryl methyl sites for hydroxylation is 1. The average molecular weight is 530 g/mol. The first kappa shape index (κ1) is 26.9. The number of carboxylic acid groups (broad SMARTS) is 1. The van der Waals surface area contributed by atoms with Crippen LogP contribution in [0.5, 0.6) is 5.75 Å². The molecule has 2 N–H and O–H groups in total. The van der Waals surface area contributed by atoms with Crippen molar-refractivity contribution < 1.29 is 29.3 Å². The summed E-state index contributed by atoms with van der Waals surface area (Å²) in [5.74, 6) is -0.735. The Labute approximate surface area is 229 Å². The minimum absolute atomic E-state index is 0.152. The summed E-state index contributed by atoms with van der Waals surface area (Å²) in [5.41, 5.74) is 4.36. The van der Waals surface area contributed by atoms with Gasteiger partial charge in [0.2, 0.25) is 0 Å². The third-order valence-electron chi connectivity index (χ3n) is 7.76. The molecule has 3 aromatic carbocycles. The predicted octanol–water partition coefficient (Wildman–Crippen LogP) is 4.97. The lowest BCUT2D eigenvalue weighted by Crippen LogP contribution is -2.51. The van der Waals surface area contributed by atoms with E-state index in [0.29, 0.717) is 43.6 Å². The van der Waals surface area contributed by atoms with Gasteiger partial charge in [-0.05, 0) is 54.9 Å². The lowest BCUT2D eigenvalue weighted by Gasteiger charge is -2.38. The summed E-state index contributed by atoms with van der Waals surface area (Å²) in [4.78, 5) is 28.1. The lowest BCUT2D eigenvalue weighted by atomic mass is 9.90. The van der Waals surface area contributed by atoms with Gasteiger partial charge in [-0.25, -0.2) is 4.79 Å². The second-order valence-electron chi connectivity index (χ2n) is 10.5. The van der Waals surface area contributed by atoms with E-state index >= 15 is 0 Å². The molecule has 2 atom stereocenters. The predicted molar refractivity (Wildman–Crippen MR) is 146 cm³/mol. The normalized spacial score (nSPS) is 21.6. The van der Waals surface area contributed by atoms with Crippen LogP contribution in [0.2, 0.25) is 0 Å². The molecule has 7 heteroatoms. The number of nitrogens with zero attached hydrogens (tertiary/aromatic N) is 1. The molecule has 1 fully saturated rings. The van der Waals surface area contributed by atoms with Crippen molar-refractivity contribution in [3.8, 4) is 5.75 Å². The van der Waals surface area contributed by atoms with Crippen LogP contribution >= 0.6 is 0 Å². The number of aliphatic hydroxyl groups is 1. The minimum atomic E-state index is -1.06. The first-order valence-corrected chi connectivity index (χ1v) is 13.6. The number of carbonyl (C=O) groups excluding carboxylic acids is 1. The van der Waals surface area contributed by atoms with Crippen LogP contribution in [0.15, 0.2) is 72.8 Å². The Morgan fingerprint density at radius 1 is 0.949 bits per heavy atom. The van der Waals surface area contributed by atoms with Gasteiger partial charge in [-0.15, -0.1) is 0 Å². The summed E-state index contributed by atoms with van der Waals surface area (Å²) in [6, 6.07) is 22.0. The van der Waals surface area contributed by atoms with Crippen LogP contribution < -0.4 is 4.74 Å². The van der Waals surface area contributed by atoms with E-state index in [-0.39, 0.29) is 31.1 Å². The summed E-state index contributed by atoms with van der Waals surface area (Å²) < 4.78 is 12.6. The van der Waals surface area contributed by atoms with Crippen LogP contribution in [0.1, 0.15) is 59.6 Å². The van der Waals surface area contributed by atoms with Gasteiger partial charge in [0.25, 0.3) is 5.91 Å². The van der Waals surface area contributed by atoms with E-state index < -0.39 is 18.1 Å². The molecular weight excluding hydrogens is 494 g/mol. The first-order chi connectivity index (χ1) is 18.9. The number of aliphatic carboxylic acids is 1. The fourth-order valence-corrected chi connectivity index (χ4v) is 5.57. The maximum atomic E-state index is 14.1. The maximum absolute atomic E-state index is 14.1. The average Bonchev–Trinajstić information content (AvgIpc) is 2.96. The standard InChI is InChI=1S/C32H35NO6/c1-21-12-13-24-19-33(28(32(36)37)18-27(24)29(21)38-20-22-8-4-2-5-9-22)31(35)30(23-10-6-3-7-11-23)39-26-16-14-25(34)15-17-26/h2-13,25-26,28,30,34H,14-20H2,1H3,(H,36,37). The van der Waals surface area contributed by atoms with E-state index in [0.717, 1.165) is 22.3 Å². The van der Waals surface area contributed by atoms with Gasteiger partial charge in [-0.1, -0.05) is 72.8 Å².